The Bertz CT molecular complexity index is 627. The van der Waals surface area contributed by atoms with Crippen molar-refractivity contribution in [1.29, 1.82) is 0 Å². The molecule has 1 saturated carbocycles. The Balaban J connectivity index is 2.03. The molecule has 1 saturated heterocycles. The van der Waals surface area contributed by atoms with Crippen molar-refractivity contribution in [2.75, 3.05) is 4.90 Å². The standard InChI is InChI=1S/C12H8ClFN2O3/c13-7-5-6(1-2-8(7)14)16-10(18)12(3-4-12)9(17)15-11(16)19/h1-2,5H,3-4H2,(H,15,17,19). The molecule has 1 heterocycles. The summed E-state index contributed by atoms with van der Waals surface area (Å²) in [6, 6.07) is 2.68. The van der Waals surface area contributed by atoms with Gasteiger partial charge in [-0.1, -0.05) is 11.6 Å². The van der Waals surface area contributed by atoms with Crippen LogP contribution in [0.4, 0.5) is 14.9 Å². The summed E-state index contributed by atoms with van der Waals surface area (Å²) in [5.74, 6) is -1.79. The highest BCUT2D eigenvalue weighted by molar-refractivity contribution is 6.33. The van der Waals surface area contributed by atoms with Crippen molar-refractivity contribution in [2.45, 2.75) is 12.8 Å². The van der Waals surface area contributed by atoms with Gasteiger partial charge in [0, 0.05) is 0 Å². The zero-order chi connectivity index (χ0) is 13.8. The number of benzene rings is 1. The summed E-state index contributed by atoms with van der Waals surface area (Å²) in [5.41, 5.74) is -0.984. The van der Waals surface area contributed by atoms with Crippen LogP contribution in [-0.2, 0) is 9.59 Å². The molecule has 5 nitrogen and oxygen atoms in total. The van der Waals surface area contributed by atoms with Gasteiger partial charge in [-0.2, -0.15) is 0 Å². The number of nitrogens with one attached hydrogen (secondary N) is 1. The van der Waals surface area contributed by atoms with E-state index in [1.54, 1.807) is 0 Å². The van der Waals surface area contributed by atoms with E-state index in [4.69, 9.17) is 11.6 Å². The third-order valence-corrected chi connectivity index (χ3v) is 3.67. The van der Waals surface area contributed by atoms with E-state index in [2.05, 4.69) is 5.32 Å². The molecule has 2 fully saturated rings. The van der Waals surface area contributed by atoms with Crippen LogP contribution in [0.3, 0.4) is 0 Å². The van der Waals surface area contributed by atoms with Gasteiger partial charge in [0.1, 0.15) is 11.2 Å². The van der Waals surface area contributed by atoms with Crippen LogP contribution < -0.4 is 10.2 Å². The maximum atomic E-state index is 13.1. The molecule has 1 aromatic rings. The van der Waals surface area contributed by atoms with Gasteiger partial charge in [-0.15, -0.1) is 0 Å². The fourth-order valence-electron chi connectivity index (χ4n) is 2.10. The first-order chi connectivity index (χ1) is 8.95. The average Bonchev–Trinajstić information content (AvgIpc) is 3.13. The normalized spacial score (nSPS) is 20.7. The van der Waals surface area contributed by atoms with Crippen LogP contribution >= 0.6 is 11.6 Å². The molecule has 98 valence electrons. The maximum Gasteiger partial charge on any atom is 0.335 e. The average molecular weight is 283 g/mol. The Morgan fingerprint density at radius 1 is 1.26 bits per heavy atom. The van der Waals surface area contributed by atoms with Gasteiger partial charge in [-0.05, 0) is 31.0 Å². The number of urea groups is 1. The second-order valence-corrected chi connectivity index (χ2v) is 4.99. The van der Waals surface area contributed by atoms with Gasteiger partial charge in [0.25, 0.3) is 5.91 Å². The highest BCUT2D eigenvalue weighted by Gasteiger charge is 2.62. The molecule has 19 heavy (non-hydrogen) atoms. The van der Waals surface area contributed by atoms with E-state index in [0.717, 1.165) is 11.0 Å². The van der Waals surface area contributed by atoms with Gasteiger partial charge >= 0.3 is 6.03 Å². The van der Waals surface area contributed by atoms with E-state index in [1.807, 2.05) is 0 Å². The lowest BCUT2D eigenvalue weighted by molar-refractivity contribution is -0.136. The molecule has 0 radical (unpaired) electrons. The van der Waals surface area contributed by atoms with Crippen molar-refractivity contribution in [3.05, 3.63) is 29.0 Å². The molecule has 4 amide bonds. The fourth-order valence-corrected chi connectivity index (χ4v) is 2.28. The number of halogens is 2. The van der Waals surface area contributed by atoms with Crippen molar-refractivity contribution in [3.8, 4) is 0 Å². The molecule has 0 unspecified atom stereocenters. The molecule has 1 N–H and O–H groups in total. The maximum absolute atomic E-state index is 13.1. The number of rotatable bonds is 1. The Labute approximate surface area is 112 Å². The smallest absolute Gasteiger partial charge is 0.276 e. The van der Waals surface area contributed by atoms with E-state index in [0.29, 0.717) is 12.8 Å². The van der Waals surface area contributed by atoms with Crippen LogP contribution in [0.5, 0.6) is 0 Å². The molecule has 1 aliphatic heterocycles. The van der Waals surface area contributed by atoms with E-state index < -0.39 is 29.1 Å². The third-order valence-electron chi connectivity index (χ3n) is 3.38. The number of hydrogen-bond donors (Lipinski definition) is 1. The van der Waals surface area contributed by atoms with Gasteiger partial charge in [0.15, 0.2) is 0 Å². The molecule has 7 heteroatoms. The van der Waals surface area contributed by atoms with Crippen molar-refractivity contribution in [2.24, 2.45) is 5.41 Å². The van der Waals surface area contributed by atoms with Crippen molar-refractivity contribution in [3.63, 3.8) is 0 Å². The lowest BCUT2D eigenvalue weighted by Gasteiger charge is -2.30. The highest BCUT2D eigenvalue weighted by atomic mass is 35.5. The fraction of sp³-hybridized carbons (Fsp3) is 0.250. The van der Waals surface area contributed by atoms with E-state index in [9.17, 15) is 18.8 Å². The van der Waals surface area contributed by atoms with Crippen molar-refractivity contribution in [1.82, 2.24) is 5.32 Å². The molecule has 0 aromatic heterocycles. The summed E-state index contributed by atoms with van der Waals surface area (Å²) in [4.78, 5) is 36.5. The minimum absolute atomic E-state index is 0.146. The number of imide groups is 2. The monoisotopic (exact) mass is 282 g/mol. The Morgan fingerprint density at radius 3 is 2.53 bits per heavy atom. The summed E-state index contributed by atoms with van der Waals surface area (Å²) >= 11 is 5.63. The minimum Gasteiger partial charge on any atom is -0.276 e. The van der Waals surface area contributed by atoms with Gasteiger partial charge < -0.3 is 0 Å². The molecule has 2 aliphatic rings. The predicted molar refractivity (Wildman–Crippen MR) is 64.1 cm³/mol. The summed E-state index contributed by atoms with van der Waals surface area (Å²) in [6.07, 6.45) is 0.826. The van der Waals surface area contributed by atoms with Crippen LogP contribution in [0.1, 0.15) is 12.8 Å². The zero-order valence-corrected chi connectivity index (χ0v) is 10.3. The molecule has 1 spiro atoms. The van der Waals surface area contributed by atoms with Crippen LogP contribution in [0.25, 0.3) is 0 Å². The number of nitrogens with zero attached hydrogens (tertiary/aromatic N) is 1. The molecule has 1 aromatic carbocycles. The molecule has 0 bridgehead atoms. The summed E-state index contributed by atoms with van der Waals surface area (Å²) < 4.78 is 13.1. The molecular weight excluding hydrogens is 275 g/mol. The third kappa shape index (κ3) is 1.63. The van der Waals surface area contributed by atoms with Gasteiger partial charge in [-0.25, -0.2) is 14.1 Å². The Kier molecular flexibility index (Phi) is 2.40. The SMILES string of the molecule is O=C1NC(=O)C2(CC2)C(=O)N1c1ccc(F)c(Cl)c1. The lowest BCUT2D eigenvalue weighted by Crippen LogP contribution is -2.59. The van der Waals surface area contributed by atoms with Crippen LogP contribution in [0, 0.1) is 11.2 Å². The highest BCUT2D eigenvalue weighted by Crippen LogP contribution is 2.49. The zero-order valence-electron chi connectivity index (χ0n) is 9.57. The van der Waals surface area contributed by atoms with Crippen LogP contribution in [0.2, 0.25) is 5.02 Å². The number of barbiturate groups is 1. The van der Waals surface area contributed by atoms with Gasteiger partial charge in [0.2, 0.25) is 5.91 Å². The number of carbonyl (C=O) groups excluding carboxylic acids is 3. The first-order valence-corrected chi connectivity index (χ1v) is 5.98. The number of anilines is 1. The predicted octanol–water partition coefficient (Wildman–Crippen LogP) is 1.84. The minimum atomic E-state index is -1.13. The summed E-state index contributed by atoms with van der Waals surface area (Å²) in [7, 11) is 0. The van der Waals surface area contributed by atoms with Gasteiger partial charge in [0.05, 0.1) is 10.7 Å². The topological polar surface area (TPSA) is 66.5 Å². The van der Waals surface area contributed by atoms with Crippen molar-refractivity contribution < 1.29 is 18.8 Å². The largest absolute Gasteiger partial charge is 0.335 e. The lowest BCUT2D eigenvalue weighted by atomic mass is 10.0. The summed E-state index contributed by atoms with van der Waals surface area (Å²) in [6.45, 7) is 0. The van der Waals surface area contributed by atoms with E-state index >= 15 is 0 Å². The first-order valence-electron chi connectivity index (χ1n) is 5.61. The van der Waals surface area contributed by atoms with E-state index in [-0.39, 0.29) is 10.7 Å². The molecule has 0 atom stereocenters. The number of hydrogen-bond acceptors (Lipinski definition) is 3. The number of amides is 4. The number of carbonyl (C=O) groups is 3. The Morgan fingerprint density at radius 2 is 1.95 bits per heavy atom. The molecule has 1 aliphatic carbocycles. The second kappa shape index (κ2) is 3.77. The molecular formula is C12H8ClFN2O3. The van der Waals surface area contributed by atoms with Crippen LogP contribution in [0.15, 0.2) is 18.2 Å². The Hall–Kier alpha value is -1.95. The molecule has 3 rings (SSSR count). The van der Waals surface area contributed by atoms with Gasteiger partial charge in [-0.3, -0.25) is 14.9 Å². The summed E-state index contributed by atoms with van der Waals surface area (Å²) in [5, 5.41) is 1.94. The van der Waals surface area contributed by atoms with Crippen LogP contribution in [-0.4, -0.2) is 17.8 Å². The quantitative estimate of drug-likeness (QED) is 0.799. The van der Waals surface area contributed by atoms with Crippen molar-refractivity contribution >= 4 is 35.1 Å². The second-order valence-electron chi connectivity index (χ2n) is 4.58. The first kappa shape index (κ1) is 12.1. The van der Waals surface area contributed by atoms with E-state index in [1.165, 1.54) is 12.1 Å².